The molecule has 1 amide bonds. The molecular formula is C30H31ClN2O5. The largest absolute Gasteiger partial charge is 0.502 e. The maximum atomic E-state index is 12.9. The number of pyridine rings is 1. The van der Waals surface area contributed by atoms with Crippen molar-refractivity contribution in [3.8, 4) is 28.4 Å². The number of methoxy groups -OCH3 is 2. The van der Waals surface area contributed by atoms with Gasteiger partial charge in [0, 0.05) is 34.2 Å². The van der Waals surface area contributed by atoms with Gasteiger partial charge in [0.1, 0.15) is 0 Å². The normalized spacial score (nSPS) is 10.7. The van der Waals surface area contributed by atoms with Gasteiger partial charge < -0.3 is 25.0 Å². The zero-order chi connectivity index (χ0) is 27.8. The lowest BCUT2D eigenvalue weighted by molar-refractivity contribution is -0.111. The first-order valence-corrected chi connectivity index (χ1v) is 12.3. The van der Waals surface area contributed by atoms with E-state index in [4.69, 9.17) is 26.2 Å². The van der Waals surface area contributed by atoms with E-state index in [1.807, 2.05) is 38.1 Å². The Kier molecular flexibility index (Phi) is 9.71. The summed E-state index contributed by atoms with van der Waals surface area (Å²) in [6, 6.07) is 14.9. The summed E-state index contributed by atoms with van der Waals surface area (Å²) in [7, 11) is 2.89. The lowest BCUT2D eigenvalue weighted by atomic mass is 9.96. The van der Waals surface area contributed by atoms with Crippen LogP contribution in [0.1, 0.15) is 23.6 Å². The Hall–Kier alpha value is -4.07. The first-order chi connectivity index (χ1) is 18.2. The van der Waals surface area contributed by atoms with Crippen LogP contribution in [0.2, 0.25) is 5.02 Å². The highest BCUT2D eigenvalue weighted by Gasteiger charge is 2.17. The number of fused-ring (bicyclic) bond motifs is 1. The SMILES string of the molecule is CCO.COc1cc(C=CC(=O)Nc2cnc3c(C)cc(C)cc3c2-c2ccccc2Cl)cc(OC)c1O. The van der Waals surface area contributed by atoms with E-state index in [0.717, 1.165) is 33.2 Å². The Morgan fingerprint density at radius 1 is 1.08 bits per heavy atom. The minimum Gasteiger partial charge on any atom is -0.502 e. The van der Waals surface area contributed by atoms with E-state index in [2.05, 4.69) is 22.4 Å². The lowest BCUT2D eigenvalue weighted by Crippen LogP contribution is -2.10. The van der Waals surface area contributed by atoms with Crippen molar-refractivity contribution in [2.75, 3.05) is 26.1 Å². The van der Waals surface area contributed by atoms with Crippen molar-refractivity contribution in [3.05, 3.63) is 82.5 Å². The van der Waals surface area contributed by atoms with Crippen molar-refractivity contribution in [2.24, 2.45) is 0 Å². The molecule has 198 valence electrons. The molecule has 1 aromatic heterocycles. The van der Waals surface area contributed by atoms with E-state index >= 15 is 0 Å². The highest BCUT2D eigenvalue weighted by molar-refractivity contribution is 6.34. The predicted molar refractivity (Wildman–Crippen MR) is 153 cm³/mol. The summed E-state index contributed by atoms with van der Waals surface area (Å²) in [6.07, 6.45) is 4.66. The molecule has 0 aliphatic carbocycles. The number of benzene rings is 3. The number of ether oxygens (including phenoxy) is 2. The number of aromatic nitrogens is 1. The van der Waals surface area contributed by atoms with Crippen LogP contribution in [0.4, 0.5) is 5.69 Å². The Bertz CT molecular complexity index is 1460. The van der Waals surface area contributed by atoms with Gasteiger partial charge in [0.15, 0.2) is 11.5 Å². The molecule has 0 bridgehead atoms. The summed E-state index contributed by atoms with van der Waals surface area (Å²) in [4.78, 5) is 17.6. The number of aryl methyl sites for hydroxylation is 2. The fraction of sp³-hybridized carbons (Fsp3) is 0.200. The molecule has 0 unspecified atom stereocenters. The van der Waals surface area contributed by atoms with Crippen molar-refractivity contribution in [3.63, 3.8) is 0 Å². The van der Waals surface area contributed by atoms with E-state index in [1.54, 1.807) is 31.3 Å². The third-order valence-electron chi connectivity index (χ3n) is 5.64. The standard InChI is InChI=1S/C28H25ClN2O4.C2H6O/c1-16-11-17(2)27-20(12-16)26(19-7-5-6-8-21(19)29)22(15-30-27)31-25(32)10-9-18-13-23(34-3)28(33)24(14-18)35-4;1-2-3/h5-15,33H,1-4H3,(H,31,32);3H,2H2,1H3. The van der Waals surface area contributed by atoms with Crippen LogP contribution in [0, 0.1) is 13.8 Å². The number of nitrogens with one attached hydrogen (secondary N) is 1. The minimum absolute atomic E-state index is 0.103. The number of nitrogens with zero attached hydrogens (tertiary/aromatic N) is 1. The number of hydrogen-bond donors (Lipinski definition) is 3. The minimum atomic E-state index is -0.352. The highest BCUT2D eigenvalue weighted by atomic mass is 35.5. The van der Waals surface area contributed by atoms with E-state index in [0.29, 0.717) is 16.3 Å². The molecule has 4 rings (SSSR count). The Labute approximate surface area is 227 Å². The third-order valence-corrected chi connectivity index (χ3v) is 5.97. The first-order valence-electron chi connectivity index (χ1n) is 11.9. The predicted octanol–water partition coefficient (Wildman–Crippen LogP) is 6.55. The van der Waals surface area contributed by atoms with Crippen LogP contribution in [0.15, 0.2) is 60.8 Å². The van der Waals surface area contributed by atoms with Crippen LogP contribution in [0.5, 0.6) is 17.2 Å². The van der Waals surface area contributed by atoms with E-state index in [9.17, 15) is 9.90 Å². The fourth-order valence-electron chi connectivity index (χ4n) is 4.07. The number of aromatic hydroxyl groups is 1. The number of aliphatic hydroxyl groups is 1. The molecular weight excluding hydrogens is 504 g/mol. The average Bonchev–Trinajstić information content (AvgIpc) is 2.89. The van der Waals surface area contributed by atoms with Gasteiger partial charge in [-0.3, -0.25) is 9.78 Å². The number of halogens is 1. The van der Waals surface area contributed by atoms with Gasteiger partial charge >= 0.3 is 0 Å². The molecule has 3 N–H and O–H groups in total. The molecule has 0 aliphatic heterocycles. The van der Waals surface area contributed by atoms with Gasteiger partial charge in [-0.1, -0.05) is 41.4 Å². The van der Waals surface area contributed by atoms with Gasteiger partial charge in [-0.2, -0.15) is 0 Å². The van der Waals surface area contributed by atoms with Crippen LogP contribution in [0.25, 0.3) is 28.1 Å². The molecule has 3 aromatic carbocycles. The Morgan fingerprint density at radius 2 is 1.71 bits per heavy atom. The monoisotopic (exact) mass is 534 g/mol. The van der Waals surface area contributed by atoms with E-state index in [1.165, 1.54) is 20.3 Å². The molecule has 0 fully saturated rings. The number of phenolic OH excluding ortho intramolecular Hbond substituents is 1. The van der Waals surface area contributed by atoms with Gasteiger partial charge in [0.2, 0.25) is 11.7 Å². The molecule has 0 atom stereocenters. The van der Waals surface area contributed by atoms with Crippen LogP contribution in [-0.4, -0.2) is 41.9 Å². The zero-order valence-corrected chi connectivity index (χ0v) is 22.8. The van der Waals surface area contributed by atoms with Crippen LogP contribution in [0.3, 0.4) is 0 Å². The third kappa shape index (κ3) is 6.43. The Morgan fingerprint density at radius 3 is 2.32 bits per heavy atom. The van der Waals surface area contributed by atoms with Gasteiger partial charge in [-0.15, -0.1) is 0 Å². The lowest BCUT2D eigenvalue weighted by Gasteiger charge is -2.16. The zero-order valence-electron chi connectivity index (χ0n) is 22.0. The quantitative estimate of drug-likeness (QED) is 0.243. The second-order valence-electron chi connectivity index (χ2n) is 8.42. The van der Waals surface area contributed by atoms with E-state index < -0.39 is 0 Å². The highest BCUT2D eigenvalue weighted by Crippen LogP contribution is 2.40. The molecule has 0 saturated carbocycles. The van der Waals surface area contributed by atoms with Crippen LogP contribution < -0.4 is 14.8 Å². The van der Waals surface area contributed by atoms with Gasteiger partial charge in [-0.05, 0) is 62.2 Å². The number of carbonyl (C=O) groups excluding carboxylic acids is 1. The molecule has 7 nitrogen and oxygen atoms in total. The summed E-state index contributed by atoms with van der Waals surface area (Å²) in [5, 5.41) is 22.1. The fourth-order valence-corrected chi connectivity index (χ4v) is 4.30. The molecule has 8 heteroatoms. The molecule has 0 aliphatic rings. The maximum Gasteiger partial charge on any atom is 0.248 e. The summed E-state index contributed by atoms with van der Waals surface area (Å²) >= 11 is 6.57. The van der Waals surface area contributed by atoms with Gasteiger partial charge in [0.25, 0.3) is 0 Å². The molecule has 0 radical (unpaired) electrons. The molecule has 38 heavy (non-hydrogen) atoms. The number of rotatable bonds is 6. The molecule has 1 heterocycles. The van der Waals surface area contributed by atoms with Crippen LogP contribution in [-0.2, 0) is 4.79 Å². The average molecular weight is 535 g/mol. The van der Waals surface area contributed by atoms with Gasteiger partial charge in [0.05, 0.1) is 31.6 Å². The van der Waals surface area contributed by atoms with Crippen molar-refractivity contribution >= 4 is 40.2 Å². The topological polar surface area (TPSA) is 101 Å². The molecule has 0 spiro atoms. The van der Waals surface area contributed by atoms with Crippen molar-refractivity contribution in [1.82, 2.24) is 4.98 Å². The molecule has 0 saturated heterocycles. The van der Waals surface area contributed by atoms with E-state index in [-0.39, 0.29) is 29.8 Å². The number of anilines is 1. The maximum absolute atomic E-state index is 12.9. The summed E-state index contributed by atoms with van der Waals surface area (Å²) < 4.78 is 10.4. The van der Waals surface area contributed by atoms with Crippen molar-refractivity contribution < 1.29 is 24.5 Å². The number of aliphatic hydroxyl groups excluding tert-OH is 1. The second-order valence-corrected chi connectivity index (χ2v) is 8.82. The van der Waals surface area contributed by atoms with Gasteiger partial charge in [-0.25, -0.2) is 0 Å². The summed E-state index contributed by atoms with van der Waals surface area (Å²) in [5.74, 6) is 0.0356. The smallest absolute Gasteiger partial charge is 0.248 e. The van der Waals surface area contributed by atoms with Crippen molar-refractivity contribution in [1.29, 1.82) is 0 Å². The second kappa shape index (κ2) is 12.9. The summed E-state index contributed by atoms with van der Waals surface area (Å²) in [5.41, 5.74) is 5.76. The number of phenols is 1. The van der Waals surface area contributed by atoms with Crippen molar-refractivity contribution in [2.45, 2.75) is 20.8 Å². The first kappa shape index (κ1) is 28.5. The number of carbonyl (C=O) groups is 1. The molecule has 4 aromatic rings. The number of hydrogen-bond acceptors (Lipinski definition) is 6. The van der Waals surface area contributed by atoms with Crippen LogP contribution >= 0.6 is 11.6 Å². The Balaban J connectivity index is 0.00000127. The summed E-state index contributed by atoms with van der Waals surface area (Å²) in [6.45, 7) is 5.97. The number of amides is 1.